The topological polar surface area (TPSA) is 66.4 Å². The molecule has 0 bridgehead atoms. The van der Waals surface area contributed by atoms with E-state index >= 15 is 0 Å². The van der Waals surface area contributed by atoms with Gasteiger partial charge in [-0.15, -0.1) is 0 Å². The molecule has 0 aliphatic carbocycles. The SMILES string of the molecule is O=C(Cc1ccc(F)c(F)c1)N[C@H](Cc1ccc(C(F)(F)F)cc1)C(=O)O. The molecule has 0 radical (unpaired) electrons. The van der Waals surface area contributed by atoms with Gasteiger partial charge in [0.1, 0.15) is 6.04 Å². The molecule has 0 heterocycles. The van der Waals surface area contributed by atoms with Crippen LogP contribution in [0.3, 0.4) is 0 Å². The van der Waals surface area contributed by atoms with Crippen LogP contribution in [0, 0.1) is 11.6 Å². The van der Waals surface area contributed by atoms with Gasteiger partial charge in [0.05, 0.1) is 12.0 Å². The van der Waals surface area contributed by atoms with Crippen LogP contribution in [0.25, 0.3) is 0 Å². The Balaban J connectivity index is 2.03. The van der Waals surface area contributed by atoms with Crippen molar-refractivity contribution >= 4 is 11.9 Å². The van der Waals surface area contributed by atoms with Gasteiger partial charge >= 0.3 is 12.1 Å². The van der Waals surface area contributed by atoms with Crippen LogP contribution in [0.15, 0.2) is 42.5 Å². The summed E-state index contributed by atoms with van der Waals surface area (Å²) in [5.74, 6) is -4.35. The predicted octanol–water partition coefficient (Wildman–Crippen LogP) is 3.34. The molecule has 2 aromatic carbocycles. The van der Waals surface area contributed by atoms with Gasteiger partial charge in [-0.2, -0.15) is 13.2 Å². The van der Waals surface area contributed by atoms with Gasteiger partial charge < -0.3 is 10.4 Å². The van der Waals surface area contributed by atoms with E-state index in [2.05, 4.69) is 5.32 Å². The number of hydrogen-bond donors (Lipinski definition) is 2. The third-order valence-electron chi connectivity index (χ3n) is 3.70. The fourth-order valence-corrected chi connectivity index (χ4v) is 2.35. The van der Waals surface area contributed by atoms with Crippen molar-refractivity contribution in [2.24, 2.45) is 0 Å². The van der Waals surface area contributed by atoms with Crippen LogP contribution in [0.1, 0.15) is 16.7 Å². The molecule has 27 heavy (non-hydrogen) atoms. The van der Waals surface area contributed by atoms with Gasteiger partial charge in [0.15, 0.2) is 11.6 Å². The van der Waals surface area contributed by atoms with Gasteiger partial charge in [-0.25, -0.2) is 13.6 Å². The van der Waals surface area contributed by atoms with Crippen LogP contribution in [0.2, 0.25) is 0 Å². The Morgan fingerprint density at radius 1 is 0.963 bits per heavy atom. The van der Waals surface area contributed by atoms with Crippen LogP contribution < -0.4 is 5.32 Å². The largest absolute Gasteiger partial charge is 0.480 e. The highest BCUT2D eigenvalue weighted by Gasteiger charge is 2.30. The highest BCUT2D eigenvalue weighted by atomic mass is 19.4. The second-order valence-corrected chi connectivity index (χ2v) is 5.78. The lowest BCUT2D eigenvalue weighted by Crippen LogP contribution is -2.43. The molecular weight excluding hydrogens is 373 g/mol. The van der Waals surface area contributed by atoms with E-state index in [4.69, 9.17) is 0 Å². The van der Waals surface area contributed by atoms with Gasteiger partial charge in [-0.3, -0.25) is 4.79 Å². The van der Waals surface area contributed by atoms with Crippen LogP contribution in [-0.2, 0) is 28.6 Å². The van der Waals surface area contributed by atoms with Crippen molar-refractivity contribution in [2.45, 2.75) is 25.1 Å². The van der Waals surface area contributed by atoms with Gasteiger partial charge in [0, 0.05) is 6.42 Å². The zero-order valence-electron chi connectivity index (χ0n) is 13.7. The van der Waals surface area contributed by atoms with E-state index in [-0.39, 0.29) is 24.0 Å². The van der Waals surface area contributed by atoms with Crippen LogP contribution in [-0.4, -0.2) is 23.0 Å². The number of amides is 1. The number of benzene rings is 2. The van der Waals surface area contributed by atoms with Gasteiger partial charge in [0.2, 0.25) is 5.91 Å². The predicted molar refractivity (Wildman–Crippen MR) is 84.8 cm³/mol. The number of halogens is 5. The Bertz CT molecular complexity index is 834. The van der Waals surface area contributed by atoms with Crippen LogP contribution >= 0.6 is 0 Å². The second-order valence-electron chi connectivity index (χ2n) is 5.78. The normalized spacial score (nSPS) is 12.5. The minimum atomic E-state index is -4.51. The van der Waals surface area contributed by atoms with E-state index in [9.17, 15) is 36.6 Å². The van der Waals surface area contributed by atoms with E-state index in [0.29, 0.717) is 0 Å². The standard InChI is InChI=1S/C18H14F5NO3/c19-13-6-3-11(7-14(13)20)9-16(25)24-15(17(26)27)8-10-1-4-12(5-2-10)18(21,22)23/h1-7,15H,8-9H2,(H,24,25)(H,26,27)/t15-/m1/s1. The van der Waals surface area contributed by atoms with Gasteiger partial charge in [-0.05, 0) is 35.4 Å². The molecule has 2 N–H and O–H groups in total. The summed E-state index contributed by atoms with van der Waals surface area (Å²) in [6.07, 6.45) is -5.13. The monoisotopic (exact) mass is 387 g/mol. The average Bonchev–Trinajstić information content (AvgIpc) is 2.57. The Morgan fingerprint density at radius 3 is 2.07 bits per heavy atom. The van der Waals surface area contributed by atoms with Crippen molar-refractivity contribution in [3.05, 3.63) is 70.8 Å². The highest BCUT2D eigenvalue weighted by Crippen LogP contribution is 2.29. The first-order valence-corrected chi connectivity index (χ1v) is 7.68. The maximum absolute atomic E-state index is 13.1. The van der Waals surface area contributed by atoms with Crippen LogP contribution in [0.5, 0.6) is 0 Å². The lowest BCUT2D eigenvalue weighted by molar-refractivity contribution is -0.141. The molecule has 0 aliphatic heterocycles. The van der Waals surface area contributed by atoms with Crippen molar-refractivity contribution in [2.75, 3.05) is 0 Å². The highest BCUT2D eigenvalue weighted by molar-refractivity contribution is 5.85. The summed E-state index contributed by atoms with van der Waals surface area (Å²) in [4.78, 5) is 23.3. The summed E-state index contributed by atoms with van der Waals surface area (Å²) in [6.45, 7) is 0. The summed E-state index contributed by atoms with van der Waals surface area (Å²) >= 11 is 0. The van der Waals surface area contributed by atoms with E-state index in [1.807, 2.05) is 0 Å². The third-order valence-corrected chi connectivity index (χ3v) is 3.70. The lowest BCUT2D eigenvalue weighted by Gasteiger charge is -2.15. The fraction of sp³-hybridized carbons (Fsp3) is 0.222. The molecule has 1 amide bonds. The fourth-order valence-electron chi connectivity index (χ4n) is 2.35. The minimum absolute atomic E-state index is 0.144. The van der Waals surface area contributed by atoms with Gasteiger partial charge in [0.25, 0.3) is 0 Å². The Morgan fingerprint density at radius 2 is 1.56 bits per heavy atom. The van der Waals surface area contributed by atoms with Gasteiger partial charge in [-0.1, -0.05) is 18.2 Å². The van der Waals surface area contributed by atoms with Crippen molar-refractivity contribution in [1.82, 2.24) is 5.32 Å². The van der Waals surface area contributed by atoms with Crippen molar-refractivity contribution < 1.29 is 36.6 Å². The minimum Gasteiger partial charge on any atom is -0.480 e. The zero-order valence-corrected chi connectivity index (χ0v) is 13.7. The first-order valence-electron chi connectivity index (χ1n) is 7.68. The number of alkyl halides is 3. The molecule has 0 fully saturated rings. The molecule has 0 saturated heterocycles. The summed E-state index contributed by atoms with van der Waals surface area (Å²) in [6, 6.07) is 5.34. The lowest BCUT2D eigenvalue weighted by atomic mass is 10.0. The number of rotatable bonds is 6. The van der Waals surface area contributed by atoms with Crippen molar-refractivity contribution in [3.63, 3.8) is 0 Å². The molecular formula is C18H14F5NO3. The molecule has 0 aromatic heterocycles. The summed E-state index contributed by atoms with van der Waals surface area (Å²) in [7, 11) is 0. The molecule has 0 unspecified atom stereocenters. The summed E-state index contributed by atoms with van der Waals surface area (Å²) < 4.78 is 63.6. The maximum Gasteiger partial charge on any atom is 0.416 e. The smallest absolute Gasteiger partial charge is 0.416 e. The molecule has 0 spiro atoms. The Hall–Kier alpha value is -2.97. The molecule has 9 heteroatoms. The third kappa shape index (κ3) is 5.77. The molecule has 4 nitrogen and oxygen atoms in total. The van der Waals surface area contributed by atoms with Crippen LogP contribution in [0.4, 0.5) is 22.0 Å². The molecule has 0 aliphatic rings. The number of carboxylic acids is 1. The average molecular weight is 387 g/mol. The second kappa shape index (κ2) is 8.15. The van der Waals surface area contributed by atoms with Crippen molar-refractivity contribution in [1.29, 1.82) is 0 Å². The number of carbonyl (C=O) groups is 2. The Labute approximate surface area is 150 Å². The van der Waals surface area contributed by atoms with E-state index in [1.54, 1.807) is 0 Å². The van der Waals surface area contributed by atoms with E-state index in [0.717, 1.165) is 36.4 Å². The molecule has 1 atom stereocenters. The van der Waals surface area contributed by atoms with E-state index < -0.39 is 41.3 Å². The zero-order chi connectivity index (χ0) is 20.2. The quantitative estimate of drug-likeness (QED) is 0.748. The number of carbonyl (C=O) groups excluding carboxylic acids is 1. The molecule has 2 aromatic rings. The molecule has 0 saturated carbocycles. The number of hydrogen-bond acceptors (Lipinski definition) is 2. The van der Waals surface area contributed by atoms with Crippen molar-refractivity contribution in [3.8, 4) is 0 Å². The molecule has 144 valence electrons. The summed E-state index contributed by atoms with van der Waals surface area (Å²) in [5.41, 5.74) is -0.450. The first kappa shape index (κ1) is 20.3. The Kier molecular flexibility index (Phi) is 6.14. The molecule has 2 rings (SSSR count). The number of nitrogens with one attached hydrogen (secondary N) is 1. The number of aliphatic carboxylic acids is 1. The number of carboxylic acid groups (broad SMARTS) is 1. The van der Waals surface area contributed by atoms with E-state index in [1.165, 1.54) is 6.07 Å². The first-order chi connectivity index (χ1) is 12.6. The maximum atomic E-state index is 13.1. The summed E-state index contributed by atoms with van der Waals surface area (Å²) in [5, 5.41) is 11.4.